The van der Waals surface area contributed by atoms with E-state index in [1.807, 2.05) is 11.8 Å². The predicted octanol–water partition coefficient (Wildman–Crippen LogP) is 4.17. The summed E-state index contributed by atoms with van der Waals surface area (Å²) in [6.45, 7) is 2.19. The molecule has 0 heterocycles. The van der Waals surface area contributed by atoms with E-state index in [1.54, 1.807) is 18.2 Å². The third kappa shape index (κ3) is 6.73. The number of carbonyl (C=O) groups excluding carboxylic acids is 1. The lowest BCUT2D eigenvalue weighted by Crippen LogP contribution is -2.13. The van der Waals surface area contributed by atoms with E-state index in [4.69, 9.17) is 17.3 Å². The van der Waals surface area contributed by atoms with Crippen molar-refractivity contribution in [3.8, 4) is 0 Å². The molecule has 0 fully saturated rings. The molecular formula is C14H21ClN2OS. The standard InChI is InChI=1S/C14H21ClN2OS/c1-2-3-4-8-19-9-7-14(18)17-13-6-5-11(15)10-12(13)16/h5-6,10H,2-4,7-9,16H2,1H3,(H,17,18). The third-order valence-corrected chi connectivity index (χ3v) is 3.96. The SMILES string of the molecule is CCCCCSCCC(=O)Nc1ccc(Cl)cc1N. The van der Waals surface area contributed by atoms with Crippen LogP contribution < -0.4 is 11.1 Å². The number of carbonyl (C=O) groups is 1. The van der Waals surface area contributed by atoms with Gasteiger partial charge in [0.25, 0.3) is 0 Å². The maximum Gasteiger partial charge on any atom is 0.225 e. The van der Waals surface area contributed by atoms with Gasteiger partial charge in [0.2, 0.25) is 5.91 Å². The Balaban J connectivity index is 2.23. The summed E-state index contributed by atoms with van der Waals surface area (Å²) in [6.07, 6.45) is 4.24. The highest BCUT2D eigenvalue weighted by Gasteiger charge is 2.05. The second kappa shape index (κ2) is 9.10. The number of hydrogen-bond donors (Lipinski definition) is 2. The number of unbranched alkanes of at least 4 members (excludes halogenated alkanes) is 2. The molecule has 0 saturated heterocycles. The van der Waals surface area contributed by atoms with E-state index in [0.717, 1.165) is 11.5 Å². The first-order chi connectivity index (χ1) is 9.13. The fourth-order valence-electron chi connectivity index (χ4n) is 1.58. The van der Waals surface area contributed by atoms with E-state index < -0.39 is 0 Å². The summed E-state index contributed by atoms with van der Waals surface area (Å²) in [6, 6.07) is 5.08. The van der Waals surface area contributed by atoms with E-state index in [0.29, 0.717) is 22.8 Å². The highest BCUT2D eigenvalue weighted by Crippen LogP contribution is 2.22. The van der Waals surface area contributed by atoms with Crippen LogP contribution in [0, 0.1) is 0 Å². The molecule has 0 saturated carbocycles. The minimum atomic E-state index is -0.00276. The van der Waals surface area contributed by atoms with Gasteiger partial charge in [-0.2, -0.15) is 11.8 Å². The van der Waals surface area contributed by atoms with E-state index in [2.05, 4.69) is 12.2 Å². The van der Waals surface area contributed by atoms with Crippen molar-refractivity contribution in [3.63, 3.8) is 0 Å². The van der Waals surface area contributed by atoms with Crippen LogP contribution in [0.15, 0.2) is 18.2 Å². The topological polar surface area (TPSA) is 55.1 Å². The van der Waals surface area contributed by atoms with Crippen molar-refractivity contribution < 1.29 is 4.79 Å². The van der Waals surface area contributed by atoms with Crippen LogP contribution in [0.3, 0.4) is 0 Å². The zero-order chi connectivity index (χ0) is 14.1. The Bertz CT molecular complexity index is 412. The molecule has 1 rings (SSSR count). The normalized spacial score (nSPS) is 10.4. The van der Waals surface area contributed by atoms with E-state index in [-0.39, 0.29) is 5.91 Å². The molecule has 0 bridgehead atoms. The van der Waals surface area contributed by atoms with Gasteiger partial charge in [0.15, 0.2) is 0 Å². The molecule has 1 aromatic carbocycles. The van der Waals surface area contributed by atoms with Crippen molar-refractivity contribution in [3.05, 3.63) is 23.2 Å². The second-order valence-corrected chi connectivity index (χ2v) is 6.01. The fourth-order valence-corrected chi connectivity index (χ4v) is 2.70. The summed E-state index contributed by atoms with van der Waals surface area (Å²) < 4.78 is 0. The number of amides is 1. The summed E-state index contributed by atoms with van der Waals surface area (Å²) in [7, 11) is 0. The smallest absolute Gasteiger partial charge is 0.225 e. The van der Waals surface area contributed by atoms with Crippen LogP contribution in [0.4, 0.5) is 11.4 Å². The Kier molecular flexibility index (Phi) is 7.75. The van der Waals surface area contributed by atoms with Crippen LogP contribution in [0.1, 0.15) is 32.6 Å². The fraction of sp³-hybridized carbons (Fsp3) is 0.500. The molecule has 0 radical (unpaired) electrons. The molecule has 0 aliphatic rings. The molecule has 0 aliphatic carbocycles. The number of hydrogen-bond acceptors (Lipinski definition) is 3. The molecular weight excluding hydrogens is 280 g/mol. The van der Waals surface area contributed by atoms with Crippen molar-refractivity contribution in [1.29, 1.82) is 0 Å². The lowest BCUT2D eigenvalue weighted by molar-refractivity contribution is -0.115. The molecule has 19 heavy (non-hydrogen) atoms. The van der Waals surface area contributed by atoms with Crippen LogP contribution in [-0.2, 0) is 4.79 Å². The van der Waals surface area contributed by atoms with Crippen LogP contribution >= 0.6 is 23.4 Å². The minimum Gasteiger partial charge on any atom is -0.397 e. The van der Waals surface area contributed by atoms with Crippen molar-refractivity contribution in [2.75, 3.05) is 22.6 Å². The van der Waals surface area contributed by atoms with Gasteiger partial charge in [-0.05, 0) is 30.4 Å². The van der Waals surface area contributed by atoms with Gasteiger partial charge in [-0.3, -0.25) is 4.79 Å². The van der Waals surface area contributed by atoms with Gasteiger partial charge in [0, 0.05) is 17.2 Å². The lowest BCUT2D eigenvalue weighted by Gasteiger charge is -2.08. The number of anilines is 2. The maximum atomic E-state index is 11.7. The molecule has 3 N–H and O–H groups in total. The average molecular weight is 301 g/mol. The van der Waals surface area contributed by atoms with Crippen molar-refractivity contribution >= 4 is 40.6 Å². The van der Waals surface area contributed by atoms with Crippen LogP contribution in [0.5, 0.6) is 0 Å². The van der Waals surface area contributed by atoms with Crippen LogP contribution in [0.25, 0.3) is 0 Å². The van der Waals surface area contributed by atoms with Gasteiger partial charge >= 0.3 is 0 Å². The Morgan fingerprint density at radius 3 is 2.84 bits per heavy atom. The first-order valence-corrected chi connectivity index (χ1v) is 8.09. The molecule has 106 valence electrons. The number of rotatable bonds is 8. The molecule has 0 atom stereocenters. The van der Waals surface area contributed by atoms with E-state index in [9.17, 15) is 4.79 Å². The van der Waals surface area contributed by atoms with Crippen LogP contribution in [-0.4, -0.2) is 17.4 Å². The summed E-state index contributed by atoms with van der Waals surface area (Å²) in [5.74, 6) is 1.98. The molecule has 5 heteroatoms. The molecule has 1 amide bonds. The van der Waals surface area contributed by atoms with Gasteiger partial charge in [-0.25, -0.2) is 0 Å². The molecule has 0 aromatic heterocycles. The number of halogens is 1. The first-order valence-electron chi connectivity index (χ1n) is 6.56. The Labute approximate surface area is 124 Å². The number of nitrogens with one attached hydrogen (secondary N) is 1. The number of thioether (sulfide) groups is 1. The Hall–Kier alpha value is -0.870. The molecule has 0 unspecified atom stereocenters. The van der Waals surface area contributed by atoms with Crippen molar-refractivity contribution in [2.24, 2.45) is 0 Å². The van der Waals surface area contributed by atoms with Gasteiger partial charge in [-0.15, -0.1) is 0 Å². The van der Waals surface area contributed by atoms with E-state index >= 15 is 0 Å². The molecule has 0 aliphatic heterocycles. The third-order valence-electron chi connectivity index (χ3n) is 2.65. The zero-order valence-corrected chi connectivity index (χ0v) is 12.8. The van der Waals surface area contributed by atoms with Crippen molar-refractivity contribution in [2.45, 2.75) is 32.6 Å². The highest BCUT2D eigenvalue weighted by atomic mass is 35.5. The van der Waals surface area contributed by atoms with Gasteiger partial charge in [0.1, 0.15) is 0 Å². The highest BCUT2D eigenvalue weighted by molar-refractivity contribution is 7.99. The van der Waals surface area contributed by atoms with Gasteiger partial charge < -0.3 is 11.1 Å². The summed E-state index contributed by atoms with van der Waals surface area (Å²) in [5, 5.41) is 3.37. The number of nitrogen functional groups attached to an aromatic ring is 1. The Morgan fingerprint density at radius 1 is 1.37 bits per heavy atom. The summed E-state index contributed by atoms with van der Waals surface area (Å²) >= 11 is 7.63. The van der Waals surface area contributed by atoms with Gasteiger partial charge in [-0.1, -0.05) is 31.4 Å². The summed E-state index contributed by atoms with van der Waals surface area (Å²) in [5.41, 5.74) is 6.90. The molecule has 3 nitrogen and oxygen atoms in total. The first kappa shape index (κ1) is 16.2. The zero-order valence-electron chi connectivity index (χ0n) is 11.2. The monoisotopic (exact) mass is 300 g/mol. The number of nitrogens with two attached hydrogens (primary N) is 1. The minimum absolute atomic E-state index is 0.00276. The largest absolute Gasteiger partial charge is 0.397 e. The van der Waals surface area contributed by atoms with E-state index in [1.165, 1.54) is 19.3 Å². The number of benzene rings is 1. The average Bonchev–Trinajstić information content (AvgIpc) is 2.37. The maximum absolute atomic E-state index is 11.7. The quantitative estimate of drug-likeness (QED) is 0.559. The molecule has 0 spiro atoms. The second-order valence-electron chi connectivity index (χ2n) is 4.35. The van der Waals surface area contributed by atoms with Crippen LogP contribution in [0.2, 0.25) is 5.02 Å². The molecule has 1 aromatic rings. The summed E-state index contributed by atoms with van der Waals surface area (Å²) in [4.78, 5) is 11.7. The van der Waals surface area contributed by atoms with Crippen molar-refractivity contribution in [1.82, 2.24) is 0 Å². The Morgan fingerprint density at radius 2 is 2.16 bits per heavy atom. The lowest BCUT2D eigenvalue weighted by atomic mass is 10.2. The predicted molar refractivity (Wildman–Crippen MR) is 86.0 cm³/mol. The van der Waals surface area contributed by atoms with Gasteiger partial charge in [0.05, 0.1) is 11.4 Å².